The van der Waals surface area contributed by atoms with E-state index >= 15 is 0 Å². The van der Waals surface area contributed by atoms with Crippen molar-refractivity contribution < 1.29 is 10.1 Å². The first-order valence-corrected chi connectivity index (χ1v) is 2.54. The Morgan fingerprint density at radius 1 is 1.62 bits per heavy atom. The molecule has 0 aromatic carbocycles. The van der Waals surface area contributed by atoms with Crippen molar-refractivity contribution >= 4 is 6.34 Å². The van der Waals surface area contributed by atoms with E-state index in [-0.39, 0.29) is 5.48 Å². The minimum atomic E-state index is 0. The molecule has 0 fully saturated rings. The summed E-state index contributed by atoms with van der Waals surface area (Å²) >= 11 is 0. The first-order valence-electron chi connectivity index (χ1n) is 2.54. The normalized spacial score (nSPS) is 17.8. The molecule has 0 saturated heterocycles. The summed E-state index contributed by atoms with van der Waals surface area (Å²) < 4.78 is 2.18. The lowest BCUT2D eigenvalue weighted by Gasteiger charge is -1.90. The zero-order chi connectivity index (χ0) is 5.28. The van der Waals surface area contributed by atoms with Gasteiger partial charge in [0.2, 0.25) is 6.34 Å². The lowest BCUT2D eigenvalue weighted by atomic mass is 10.6. The summed E-state index contributed by atoms with van der Waals surface area (Å²) in [7, 11) is 4.17. The predicted molar refractivity (Wildman–Crippen MR) is 31.7 cm³/mol. The second-order valence-electron chi connectivity index (χ2n) is 2.08. The molecule has 0 bridgehead atoms. The van der Waals surface area contributed by atoms with Crippen molar-refractivity contribution in [3.63, 3.8) is 0 Å². The second-order valence-corrected chi connectivity index (χ2v) is 2.08. The van der Waals surface area contributed by atoms with E-state index < -0.39 is 0 Å². The van der Waals surface area contributed by atoms with Gasteiger partial charge in [0.05, 0.1) is 14.1 Å². The monoisotopic (exact) mass is 116 g/mol. The quantitative estimate of drug-likeness (QED) is 0.397. The number of nitrogens with zero attached hydrogens (tertiary/aromatic N) is 2. The number of rotatable bonds is 0. The van der Waals surface area contributed by atoms with Crippen molar-refractivity contribution in [1.82, 2.24) is 4.90 Å². The van der Waals surface area contributed by atoms with Gasteiger partial charge in [-0.05, 0) is 0 Å². The zero-order valence-corrected chi connectivity index (χ0v) is 5.33. The summed E-state index contributed by atoms with van der Waals surface area (Å²) in [5.74, 6) is 0. The van der Waals surface area contributed by atoms with Gasteiger partial charge in [-0.2, -0.15) is 0 Å². The Kier molecular flexibility index (Phi) is 2.48. The molecule has 0 atom stereocenters. The van der Waals surface area contributed by atoms with E-state index in [4.69, 9.17) is 0 Å². The first-order chi connectivity index (χ1) is 3.29. The van der Waals surface area contributed by atoms with E-state index in [1.165, 1.54) is 13.1 Å². The Morgan fingerprint density at radius 3 is 2.38 bits per heavy atom. The van der Waals surface area contributed by atoms with Crippen molar-refractivity contribution in [2.45, 2.75) is 0 Å². The molecule has 0 aliphatic carbocycles. The maximum absolute atomic E-state index is 2.18. The molecule has 1 N–H and O–H groups in total. The van der Waals surface area contributed by atoms with Crippen LogP contribution in [-0.4, -0.2) is 48.5 Å². The second kappa shape index (κ2) is 2.67. The summed E-state index contributed by atoms with van der Waals surface area (Å²) in [5.41, 5.74) is 0. The van der Waals surface area contributed by atoms with Gasteiger partial charge in [-0.3, -0.25) is 9.48 Å². The maximum atomic E-state index is 2.18. The Labute approximate surface area is 49.5 Å². The number of hydrogen-bond acceptors (Lipinski definition) is 2. The van der Waals surface area contributed by atoms with Crippen LogP contribution >= 0.6 is 0 Å². The van der Waals surface area contributed by atoms with Crippen molar-refractivity contribution in [2.24, 2.45) is 0 Å². The molecule has 0 amide bonds. The average Bonchev–Trinajstić information content (AvgIpc) is 1.87. The smallest absolute Gasteiger partial charge is 0.233 e. The first kappa shape index (κ1) is 7.43. The molecule has 0 radical (unpaired) electrons. The number of likely N-dealkylation sites (N-methyl/N-ethyl adjacent to an activating group) is 2. The van der Waals surface area contributed by atoms with Gasteiger partial charge in [0, 0.05) is 0 Å². The van der Waals surface area contributed by atoms with Crippen LogP contribution in [0.2, 0.25) is 0 Å². The fourth-order valence-corrected chi connectivity index (χ4v) is 0.767. The molecule has 3 heteroatoms. The van der Waals surface area contributed by atoms with Crippen LogP contribution in [0, 0.1) is 0 Å². The fourth-order valence-electron chi connectivity index (χ4n) is 0.767. The Hall–Kier alpha value is -0.570. The highest BCUT2D eigenvalue weighted by Crippen LogP contribution is 1.83. The molecular formula is C5H12N2O. The van der Waals surface area contributed by atoms with Crippen molar-refractivity contribution in [1.29, 1.82) is 0 Å². The third kappa shape index (κ3) is 1.50. The van der Waals surface area contributed by atoms with Crippen LogP contribution in [-0.2, 0) is 0 Å². The van der Waals surface area contributed by atoms with Crippen LogP contribution in [0.5, 0.6) is 0 Å². The number of hydrogen-bond donors (Lipinski definition) is 0. The van der Waals surface area contributed by atoms with E-state index in [9.17, 15) is 0 Å². The Bertz CT molecular complexity index is 101. The summed E-state index contributed by atoms with van der Waals surface area (Å²) in [6.45, 7) is 2.35. The van der Waals surface area contributed by atoms with Crippen molar-refractivity contribution in [3.8, 4) is 0 Å². The highest BCUT2D eigenvalue weighted by molar-refractivity contribution is 5.49. The standard InChI is InChI=1S/C5H11N2.H2O/c1-6-3-4-7(2)5-6;/h5H,3-4H2,1-2H3;1H2/q+1;/p-1. The third-order valence-corrected chi connectivity index (χ3v) is 1.20. The van der Waals surface area contributed by atoms with Gasteiger partial charge in [-0.1, -0.05) is 0 Å². The van der Waals surface area contributed by atoms with Crippen LogP contribution in [0.1, 0.15) is 0 Å². The minimum absolute atomic E-state index is 0. The highest BCUT2D eigenvalue weighted by atomic mass is 16.0. The van der Waals surface area contributed by atoms with Crippen molar-refractivity contribution in [3.05, 3.63) is 0 Å². The van der Waals surface area contributed by atoms with Crippen LogP contribution in [0.15, 0.2) is 0 Å². The SMILES string of the molecule is CN1C=[N+](C)CC1.[OH-]. The van der Waals surface area contributed by atoms with Gasteiger partial charge in [0.15, 0.2) is 0 Å². The molecule has 1 aliphatic heterocycles. The topological polar surface area (TPSA) is 36.2 Å². The largest absolute Gasteiger partial charge is 0.870 e. The Morgan fingerprint density at radius 2 is 2.25 bits per heavy atom. The molecule has 3 nitrogen and oxygen atoms in total. The molecular weight excluding hydrogens is 104 g/mol. The summed E-state index contributed by atoms with van der Waals surface area (Å²) in [5, 5.41) is 0. The summed E-state index contributed by atoms with van der Waals surface area (Å²) in [6, 6.07) is 0. The van der Waals surface area contributed by atoms with Crippen LogP contribution in [0.4, 0.5) is 0 Å². The molecule has 1 rings (SSSR count). The average molecular weight is 116 g/mol. The van der Waals surface area contributed by atoms with Gasteiger partial charge in [0.25, 0.3) is 0 Å². The minimum Gasteiger partial charge on any atom is -0.870 e. The molecule has 48 valence electrons. The van der Waals surface area contributed by atoms with Gasteiger partial charge in [-0.25, -0.2) is 0 Å². The molecule has 0 unspecified atom stereocenters. The van der Waals surface area contributed by atoms with E-state index in [0.717, 1.165) is 0 Å². The molecule has 0 aromatic heterocycles. The van der Waals surface area contributed by atoms with Crippen molar-refractivity contribution in [2.75, 3.05) is 27.2 Å². The highest BCUT2D eigenvalue weighted by Gasteiger charge is 2.08. The molecule has 8 heavy (non-hydrogen) atoms. The Balaban J connectivity index is 0.000000490. The van der Waals surface area contributed by atoms with Gasteiger partial charge in [0.1, 0.15) is 13.1 Å². The molecule has 0 spiro atoms. The van der Waals surface area contributed by atoms with Crippen LogP contribution in [0.3, 0.4) is 0 Å². The lowest BCUT2D eigenvalue weighted by Crippen LogP contribution is -2.11. The van der Waals surface area contributed by atoms with E-state index in [2.05, 4.69) is 29.9 Å². The molecule has 1 heterocycles. The fraction of sp³-hybridized carbons (Fsp3) is 0.800. The zero-order valence-electron chi connectivity index (χ0n) is 5.33. The van der Waals surface area contributed by atoms with Gasteiger partial charge >= 0.3 is 0 Å². The molecule has 0 aromatic rings. The molecule has 1 aliphatic rings. The van der Waals surface area contributed by atoms with Crippen LogP contribution < -0.4 is 0 Å². The maximum Gasteiger partial charge on any atom is 0.233 e. The van der Waals surface area contributed by atoms with Gasteiger partial charge < -0.3 is 5.48 Å². The van der Waals surface area contributed by atoms with Gasteiger partial charge in [-0.15, -0.1) is 0 Å². The lowest BCUT2D eigenvalue weighted by molar-refractivity contribution is -0.482. The summed E-state index contributed by atoms with van der Waals surface area (Å²) in [4.78, 5) is 2.18. The van der Waals surface area contributed by atoms with E-state index in [1.54, 1.807) is 0 Å². The van der Waals surface area contributed by atoms with E-state index in [0.29, 0.717) is 0 Å². The molecule has 0 saturated carbocycles. The third-order valence-electron chi connectivity index (χ3n) is 1.20. The van der Waals surface area contributed by atoms with E-state index in [1.807, 2.05) is 0 Å². The van der Waals surface area contributed by atoms with Crippen LogP contribution in [0.25, 0.3) is 0 Å². The predicted octanol–water partition coefficient (Wildman–Crippen LogP) is -0.574. The summed E-state index contributed by atoms with van der Waals surface area (Å²) in [6.07, 6.45) is 2.11.